The van der Waals surface area contributed by atoms with E-state index < -0.39 is 0 Å². The predicted octanol–water partition coefficient (Wildman–Crippen LogP) is 2.67. The molecule has 0 aromatic heterocycles. The van der Waals surface area contributed by atoms with Crippen molar-refractivity contribution in [2.24, 2.45) is 5.92 Å². The van der Waals surface area contributed by atoms with Gasteiger partial charge in [-0.15, -0.1) is 0 Å². The summed E-state index contributed by atoms with van der Waals surface area (Å²) in [5.74, 6) is 0.648. The molecule has 0 saturated carbocycles. The molecule has 0 rings (SSSR count). The Labute approximate surface area is 84.7 Å². The Balaban J connectivity index is -0.000000131. The van der Waals surface area contributed by atoms with Crippen LogP contribution in [0.2, 0.25) is 0 Å². The van der Waals surface area contributed by atoms with E-state index in [0.29, 0.717) is 18.6 Å². The van der Waals surface area contributed by atoms with E-state index in [4.69, 9.17) is 5.11 Å². The van der Waals surface area contributed by atoms with Gasteiger partial charge in [0.05, 0.1) is 0 Å². The average Bonchev–Trinajstić information content (AvgIpc) is 2.09. The van der Waals surface area contributed by atoms with Gasteiger partial charge in [-0.25, -0.2) is 0 Å². The Hall–Kier alpha value is -0.0800. The fourth-order valence-electron chi connectivity index (χ4n) is 0.258. The van der Waals surface area contributed by atoms with Crippen molar-refractivity contribution in [2.45, 2.75) is 54.0 Å². The second-order valence-corrected chi connectivity index (χ2v) is 3.35. The summed E-state index contributed by atoms with van der Waals surface area (Å²) in [5.41, 5.74) is 0. The van der Waals surface area contributed by atoms with Gasteiger partial charge in [0.25, 0.3) is 0 Å². The summed E-state index contributed by atoms with van der Waals surface area (Å²) in [6, 6.07) is 0.634. The molecule has 13 heavy (non-hydrogen) atoms. The van der Waals surface area contributed by atoms with Crippen LogP contribution in [0, 0.1) is 5.92 Å². The summed E-state index contributed by atoms with van der Waals surface area (Å²) >= 11 is 0. The zero-order chi connectivity index (χ0) is 11.3. The molecule has 0 radical (unpaired) electrons. The maximum Gasteiger partial charge on any atom is 0.0433 e. The van der Waals surface area contributed by atoms with Gasteiger partial charge in [0.2, 0.25) is 0 Å². The lowest BCUT2D eigenvalue weighted by atomic mass is 10.2. The molecule has 0 aromatic carbocycles. The average molecular weight is 191 g/mol. The van der Waals surface area contributed by atoms with Crippen LogP contribution in [0.1, 0.15) is 48.0 Å². The van der Waals surface area contributed by atoms with E-state index in [9.17, 15) is 0 Å². The summed E-state index contributed by atoms with van der Waals surface area (Å²) in [4.78, 5) is 0. The van der Waals surface area contributed by atoms with Gasteiger partial charge in [-0.1, -0.05) is 41.5 Å². The van der Waals surface area contributed by atoms with Crippen LogP contribution in [0.5, 0.6) is 0 Å². The number of hydrogen-bond donors (Lipinski definition) is 2. The van der Waals surface area contributed by atoms with Crippen molar-refractivity contribution in [2.75, 3.05) is 13.7 Å². The van der Waals surface area contributed by atoms with Crippen LogP contribution < -0.4 is 5.32 Å². The molecule has 0 spiro atoms. The SMILES string of the molecule is CC.CC(C)CCO.CNC(C)C. The van der Waals surface area contributed by atoms with E-state index in [1.165, 1.54) is 0 Å². The normalized spacial score (nSPS) is 8.77. The summed E-state index contributed by atoms with van der Waals surface area (Å²) in [5, 5.41) is 11.3. The molecule has 2 nitrogen and oxygen atoms in total. The van der Waals surface area contributed by atoms with Gasteiger partial charge in [0, 0.05) is 12.6 Å². The van der Waals surface area contributed by atoms with Gasteiger partial charge in [-0.05, 0) is 19.4 Å². The van der Waals surface area contributed by atoms with E-state index >= 15 is 0 Å². The number of hydrogen-bond acceptors (Lipinski definition) is 2. The summed E-state index contributed by atoms with van der Waals surface area (Å²) in [6.07, 6.45) is 0.931. The molecular weight excluding hydrogens is 162 g/mol. The topological polar surface area (TPSA) is 32.3 Å². The number of rotatable bonds is 3. The van der Waals surface area contributed by atoms with Gasteiger partial charge in [-0.3, -0.25) is 0 Å². The van der Waals surface area contributed by atoms with E-state index in [2.05, 4.69) is 33.0 Å². The third kappa shape index (κ3) is 48.5. The molecule has 0 unspecified atom stereocenters. The zero-order valence-corrected chi connectivity index (χ0v) is 10.5. The minimum absolute atomic E-state index is 0.331. The van der Waals surface area contributed by atoms with Crippen LogP contribution in [-0.4, -0.2) is 24.8 Å². The predicted molar refractivity (Wildman–Crippen MR) is 62.1 cm³/mol. The van der Waals surface area contributed by atoms with Crippen molar-refractivity contribution in [3.8, 4) is 0 Å². The van der Waals surface area contributed by atoms with Crippen molar-refractivity contribution in [1.82, 2.24) is 5.32 Å². The number of aliphatic hydroxyl groups is 1. The van der Waals surface area contributed by atoms with Crippen molar-refractivity contribution < 1.29 is 5.11 Å². The van der Waals surface area contributed by atoms with Crippen LogP contribution in [0.15, 0.2) is 0 Å². The minimum Gasteiger partial charge on any atom is -0.396 e. The molecule has 2 N–H and O–H groups in total. The van der Waals surface area contributed by atoms with Crippen LogP contribution in [0.25, 0.3) is 0 Å². The van der Waals surface area contributed by atoms with Crippen molar-refractivity contribution in [3.05, 3.63) is 0 Å². The molecule has 0 fully saturated rings. The van der Waals surface area contributed by atoms with E-state index in [-0.39, 0.29) is 0 Å². The number of nitrogens with one attached hydrogen (secondary N) is 1. The second-order valence-electron chi connectivity index (χ2n) is 3.35. The summed E-state index contributed by atoms with van der Waals surface area (Å²) < 4.78 is 0. The molecular formula is C11H29NO. The molecule has 0 saturated heterocycles. The zero-order valence-electron chi connectivity index (χ0n) is 10.5. The Bertz CT molecular complexity index is 63.1. The highest BCUT2D eigenvalue weighted by Crippen LogP contribution is 1.94. The third-order valence-corrected chi connectivity index (χ3v) is 1.28. The molecule has 0 atom stereocenters. The standard InChI is InChI=1S/C5H12O.C4H11N.C2H6/c1-5(2)3-4-6;1-4(2)5-3;1-2/h5-6H,3-4H2,1-2H3;4-5H,1-3H3;1-2H3. The molecule has 0 bridgehead atoms. The van der Waals surface area contributed by atoms with Gasteiger partial charge < -0.3 is 10.4 Å². The second kappa shape index (κ2) is 17.9. The van der Waals surface area contributed by atoms with E-state index in [0.717, 1.165) is 6.42 Å². The summed E-state index contributed by atoms with van der Waals surface area (Å²) in [7, 11) is 1.95. The largest absolute Gasteiger partial charge is 0.396 e. The molecule has 0 aliphatic carbocycles. The molecule has 0 amide bonds. The van der Waals surface area contributed by atoms with Crippen LogP contribution >= 0.6 is 0 Å². The fraction of sp³-hybridized carbons (Fsp3) is 1.00. The molecule has 84 valence electrons. The Kier molecular flexibility index (Phi) is 25.6. The highest BCUT2D eigenvalue weighted by atomic mass is 16.2. The molecule has 0 aromatic rings. The Morgan fingerprint density at radius 1 is 1.08 bits per heavy atom. The highest BCUT2D eigenvalue weighted by molar-refractivity contribution is 4.40. The first kappa shape index (κ1) is 18.7. The van der Waals surface area contributed by atoms with Crippen molar-refractivity contribution in [3.63, 3.8) is 0 Å². The van der Waals surface area contributed by atoms with Gasteiger partial charge in [0.1, 0.15) is 0 Å². The van der Waals surface area contributed by atoms with Gasteiger partial charge in [-0.2, -0.15) is 0 Å². The lowest BCUT2D eigenvalue weighted by Crippen LogP contribution is -2.15. The van der Waals surface area contributed by atoms with Crippen molar-refractivity contribution >= 4 is 0 Å². The van der Waals surface area contributed by atoms with Crippen LogP contribution in [0.4, 0.5) is 0 Å². The summed E-state index contributed by atoms with van der Waals surface area (Å²) in [6.45, 7) is 12.7. The maximum absolute atomic E-state index is 8.24. The maximum atomic E-state index is 8.24. The molecule has 0 aliphatic rings. The van der Waals surface area contributed by atoms with E-state index in [1.807, 2.05) is 20.9 Å². The first-order valence-corrected chi connectivity index (χ1v) is 5.32. The van der Waals surface area contributed by atoms with E-state index in [1.54, 1.807) is 0 Å². The minimum atomic E-state index is 0.331. The first-order valence-electron chi connectivity index (χ1n) is 5.32. The fourth-order valence-corrected chi connectivity index (χ4v) is 0.258. The molecule has 0 aliphatic heterocycles. The molecule has 0 heterocycles. The Morgan fingerprint density at radius 2 is 1.38 bits per heavy atom. The van der Waals surface area contributed by atoms with Crippen LogP contribution in [0.3, 0.4) is 0 Å². The lowest BCUT2D eigenvalue weighted by Gasteiger charge is -1.95. The molecule has 2 heteroatoms. The number of aliphatic hydroxyl groups excluding tert-OH is 1. The lowest BCUT2D eigenvalue weighted by molar-refractivity contribution is 0.268. The first-order chi connectivity index (χ1) is 6.04. The highest BCUT2D eigenvalue weighted by Gasteiger charge is 1.86. The van der Waals surface area contributed by atoms with Gasteiger partial charge >= 0.3 is 0 Å². The third-order valence-electron chi connectivity index (χ3n) is 1.28. The monoisotopic (exact) mass is 191 g/mol. The smallest absolute Gasteiger partial charge is 0.0433 e. The van der Waals surface area contributed by atoms with Crippen molar-refractivity contribution in [1.29, 1.82) is 0 Å². The quantitative estimate of drug-likeness (QED) is 0.719. The Morgan fingerprint density at radius 3 is 1.38 bits per heavy atom. The van der Waals surface area contributed by atoms with Crippen LogP contribution in [-0.2, 0) is 0 Å². The van der Waals surface area contributed by atoms with Gasteiger partial charge in [0.15, 0.2) is 0 Å².